The first kappa shape index (κ1) is 31.1. The minimum Gasteiger partial charge on any atom is -0.352 e. The van der Waals surface area contributed by atoms with Gasteiger partial charge < -0.3 is 20.4 Å². The number of aryl methyl sites for hydroxylation is 1. The molecule has 4 rings (SSSR count). The van der Waals surface area contributed by atoms with Gasteiger partial charge in [0.1, 0.15) is 5.54 Å². The number of fused-ring (bicyclic) bond motifs is 2. The first-order chi connectivity index (χ1) is 20.1. The van der Waals surface area contributed by atoms with Gasteiger partial charge in [0.15, 0.2) is 11.6 Å². The van der Waals surface area contributed by atoms with Crippen molar-refractivity contribution in [1.29, 1.82) is 0 Å². The van der Waals surface area contributed by atoms with Gasteiger partial charge in [-0.15, -0.1) is 0 Å². The predicted octanol–water partition coefficient (Wildman–Crippen LogP) is 3.47. The number of hydrogen-bond donors (Lipinski definition) is 2. The van der Waals surface area contributed by atoms with Crippen LogP contribution in [-0.2, 0) is 37.6 Å². The summed E-state index contributed by atoms with van der Waals surface area (Å²) in [6.45, 7) is 4.68. The van der Waals surface area contributed by atoms with Crippen molar-refractivity contribution < 1.29 is 28.0 Å². The monoisotopic (exact) mass is 582 g/mol. The summed E-state index contributed by atoms with van der Waals surface area (Å²) in [6, 6.07) is 11.2. The van der Waals surface area contributed by atoms with Crippen LogP contribution in [0.5, 0.6) is 0 Å². The number of carbonyl (C=O) groups is 4. The van der Waals surface area contributed by atoms with Crippen LogP contribution < -0.4 is 10.6 Å². The van der Waals surface area contributed by atoms with Gasteiger partial charge in [-0.05, 0) is 55.2 Å². The molecule has 2 aromatic rings. The maximum atomic E-state index is 14.3. The molecule has 0 bridgehead atoms. The number of amides is 4. The molecule has 0 saturated carbocycles. The maximum absolute atomic E-state index is 14.3. The highest BCUT2D eigenvalue weighted by Crippen LogP contribution is 2.36. The summed E-state index contributed by atoms with van der Waals surface area (Å²) < 4.78 is 28.1. The van der Waals surface area contributed by atoms with Crippen molar-refractivity contribution in [3.05, 3.63) is 70.8 Å². The fourth-order valence-corrected chi connectivity index (χ4v) is 5.77. The van der Waals surface area contributed by atoms with Gasteiger partial charge >= 0.3 is 0 Å². The molecule has 42 heavy (non-hydrogen) atoms. The van der Waals surface area contributed by atoms with E-state index in [0.717, 1.165) is 23.6 Å². The van der Waals surface area contributed by atoms with Crippen LogP contribution in [0.3, 0.4) is 0 Å². The Balaban J connectivity index is 1.62. The van der Waals surface area contributed by atoms with E-state index in [1.54, 1.807) is 0 Å². The van der Waals surface area contributed by atoms with Crippen LogP contribution >= 0.6 is 0 Å². The molecule has 1 aliphatic heterocycles. The number of halogens is 2. The largest absolute Gasteiger partial charge is 0.352 e. The molecule has 1 heterocycles. The molecular formula is C32H40F2N4O4. The van der Waals surface area contributed by atoms with Gasteiger partial charge in [0.05, 0.1) is 13.0 Å². The zero-order valence-electron chi connectivity index (χ0n) is 24.4. The quantitative estimate of drug-likeness (QED) is 0.564. The molecule has 1 atom stereocenters. The summed E-state index contributed by atoms with van der Waals surface area (Å²) >= 11 is 0. The Morgan fingerprint density at radius 1 is 1.00 bits per heavy atom. The lowest BCUT2D eigenvalue weighted by Crippen LogP contribution is -2.60. The second kappa shape index (κ2) is 13.9. The van der Waals surface area contributed by atoms with Gasteiger partial charge in [-0.25, -0.2) is 8.78 Å². The molecule has 1 unspecified atom stereocenters. The average Bonchev–Trinajstić information content (AvgIpc) is 2.96. The summed E-state index contributed by atoms with van der Waals surface area (Å²) in [7, 11) is 0. The van der Waals surface area contributed by atoms with Crippen molar-refractivity contribution in [2.24, 2.45) is 5.92 Å². The smallest absolute Gasteiger partial charge is 0.250 e. The van der Waals surface area contributed by atoms with Gasteiger partial charge in [-0.2, -0.15) is 0 Å². The van der Waals surface area contributed by atoms with E-state index in [1.807, 2.05) is 38.1 Å². The molecule has 1 spiro atoms. The Hall–Kier alpha value is -3.82. The van der Waals surface area contributed by atoms with E-state index in [-0.39, 0.29) is 56.4 Å². The molecule has 2 aromatic carbocycles. The zero-order valence-corrected chi connectivity index (χ0v) is 24.4. The number of nitrogens with zero attached hydrogens (tertiary/aromatic N) is 2. The van der Waals surface area contributed by atoms with E-state index in [0.29, 0.717) is 38.1 Å². The van der Waals surface area contributed by atoms with Crippen LogP contribution in [-0.4, -0.2) is 66.2 Å². The SMILES string of the molecule is CC(C)CCN1CC(=O)NC2(CCCc3ccccc32)C(=O)NCCN(C(=O)Cc2cccc(F)c2F)CCCC1=O. The molecular weight excluding hydrogens is 542 g/mol. The lowest BCUT2D eigenvalue weighted by molar-refractivity contribution is -0.140. The average molecular weight is 583 g/mol. The first-order valence-electron chi connectivity index (χ1n) is 14.8. The van der Waals surface area contributed by atoms with Gasteiger partial charge in [-0.1, -0.05) is 50.2 Å². The number of rotatable bonds is 5. The summed E-state index contributed by atoms with van der Waals surface area (Å²) in [6.07, 6.45) is 2.65. The number of benzene rings is 2. The lowest BCUT2D eigenvalue weighted by atomic mass is 9.75. The fraction of sp³-hybridized carbons (Fsp3) is 0.500. The van der Waals surface area contributed by atoms with Crippen molar-refractivity contribution in [2.75, 3.05) is 32.7 Å². The Morgan fingerprint density at radius 3 is 2.57 bits per heavy atom. The topological polar surface area (TPSA) is 98.8 Å². The van der Waals surface area contributed by atoms with Gasteiger partial charge in [0.2, 0.25) is 17.7 Å². The van der Waals surface area contributed by atoms with E-state index in [4.69, 9.17) is 0 Å². The van der Waals surface area contributed by atoms with E-state index in [9.17, 15) is 28.0 Å². The predicted molar refractivity (Wildman–Crippen MR) is 154 cm³/mol. The van der Waals surface area contributed by atoms with Crippen molar-refractivity contribution in [3.63, 3.8) is 0 Å². The van der Waals surface area contributed by atoms with Gasteiger partial charge in [0.25, 0.3) is 5.91 Å². The standard InChI is InChI=1S/C32H40F2N4O4/c1-22(2)14-18-38-21-27(39)36-32(15-6-10-23-8-3-4-11-25(23)32)31(42)35-16-19-37(17-7-13-28(38)40)29(41)20-24-9-5-12-26(33)30(24)34/h3-5,8-9,11-12,22H,6-7,10,13-21H2,1-2H3,(H,35,42)(H,36,39). The van der Waals surface area contributed by atoms with E-state index >= 15 is 0 Å². The minimum atomic E-state index is -1.32. The van der Waals surface area contributed by atoms with Crippen LogP contribution in [0, 0.1) is 17.6 Å². The molecule has 0 radical (unpaired) electrons. The molecule has 10 heteroatoms. The molecule has 1 saturated heterocycles. The van der Waals surface area contributed by atoms with Crippen LogP contribution in [0.1, 0.15) is 62.6 Å². The summed E-state index contributed by atoms with van der Waals surface area (Å²) in [4.78, 5) is 56.9. The number of nitrogens with one attached hydrogen (secondary N) is 2. The molecule has 226 valence electrons. The highest BCUT2D eigenvalue weighted by molar-refractivity contribution is 5.94. The molecule has 8 nitrogen and oxygen atoms in total. The van der Waals surface area contributed by atoms with Gasteiger partial charge in [0, 0.05) is 38.2 Å². The van der Waals surface area contributed by atoms with E-state index in [2.05, 4.69) is 10.6 Å². The Labute approximate surface area is 245 Å². The van der Waals surface area contributed by atoms with Gasteiger partial charge in [-0.3, -0.25) is 19.2 Å². The third kappa shape index (κ3) is 7.33. The van der Waals surface area contributed by atoms with Crippen molar-refractivity contribution in [1.82, 2.24) is 20.4 Å². The Morgan fingerprint density at radius 2 is 1.79 bits per heavy atom. The third-order valence-electron chi connectivity index (χ3n) is 8.09. The number of hydrogen-bond acceptors (Lipinski definition) is 4. The normalized spacial score (nSPS) is 20.6. The molecule has 1 fully saturated rings. The summed E-state index contributed by atoms with van der Waals surface area (Å²) in [5.41, 5.74) is 0.327. The Bertz CT molecular complexity index is 1320. The molecule has 0 aromatic heterocycles. The van der Waals surface area contributed by atoms with Crippen LogP contribution in [0.2, 0.25) is 0 Å². The van der Waals surface area contributed by atoms with E-state index < -0.39 is 29.0 Å². The highest BCUT2D eigenvalue weighted by Gasteiger charge is 2.44. The van der Waals surface area contributed by atoms with Crippen LogP contribution in [0.4, 0.5) is 8.78 Å². The maximum Gasteiger partial charge on any atom is 0.250 e. The molecule has 1 aliphatic carbocycles. The second-order valence-corrected chi connectivity index (χ2v) is 11.6. The van der Waals surface area contributed by atoms with Crippen molar-refractivity contribution in [3.8, 4) is 0 Å². The van der Waals surface area contributed by atoms with Crippen molar-refractivity contribution in [2.45, 2.75) is 64.3 Å². The fourth-order valence-electron chi connectivity index (χ4n) is 5.77. The first-order valence-corrected chi connectivity index (χ1v) is 14.8. The van der Waals surface area contributed by atoms with E-state index in [1.165, 1.54) is 21.9 Å². The van der Waals surface area contributed by atoms with Crippen molar-refractivity contribution >= 4 is 23.6 Å². The number of carbonyl (C=O) groups excluding carboxylic acids is 4. The molecule has 2 aliphatic rings. The minimum absolute atomic E-state index is 0.0557. The summed E-state index contributed by atoms with van der Waals surface area (Å²) in [5, 5.41) is 5.93. The summed E-state index contributed by atoms with van der Waals surface area (Å²) in [5.74, 6) is -3.21. The zero-order chi connectivity index (χ0) is 30.3. The van der Waals surface area contributed by atoms with Crippen LogP contribution in [0.25, 0.3) is 0 Å². The third-order valence-corrected chi connectivity index (χ3v) is 8.09. The lowest BCUT2D eigenvalue weighted by Gasteiger charge is -2.39. The second-order valence-electron chi connectivity index (χ2n) is 11.6. The highest BCUT2D eigenvalue weighted by atomic mass is 19.2. The van der Waals surface area contributed by atoms with Crippen LogP contribution in [0.15, 0.2) is 42.5 Å². The molecule has 2 N–H and O–H groups in total. The molecule has 4 amide bonds. The Kier molecular flexibility index (Phi) is 10.3.